The number of hydrogen-bond donors (Lipinski definition) is 0. The number of carbonyl (C=O) groups excluding carboxylic acids is 2. The molecule has 2 heteroatoms. The second kappa shape index (κ2) is 4.20. The largest absolute Gasteiger partial charge is 0.300 e. The Hall–Kier alpha value is -1.44. The molecule has 1 aliphatic carbocycles. The normalized spacial score (nSPS) is 20.1. The third-order valence-corrected chi connectivity index (χ3v) is 3.34. The molecule has 1 aliphatic rings. The van der Waals surface area contributed by atoms with E-state index in [1.807, 2.05) is 32.0 Å². The van der Waals surface area contributed by atoms with Crippen molar-refractivity contribution >= 4 is 11.6 Å². The molecule has 0 spiro atoms. The second-order valence-corrected chi connectivity index (χ2v) is 4.61. The highest BCUT2D eigenvalue weighted by Gasteiger charge is 2.30. The summed E-state index contributed by atoms with van der Waals surface area (Å²) in [5.74, 6) is 0.304. The highest BCUT2D eigenvalue weighted by atomic mass is 16.1. The van der Waals surface area contributed by atoms with Crippen LogP contribution in [0.3, 0.4) is 0 Å². The summed E-state index contributed by atoms with van der Waals surface area (Å²) in [6.07, 6.45) is 1.74. The van der Waals surface area contributed by atoms with Crippen molar-refractivity contribution in [2.45, 2.75) is 33.1 Å². The van der Waals surface area contributed by atoms with Crippen LogP contribution >= 0.6 is 0 Å². The lowest BCUT2D eigenvalue weighted by atomic mass is 9.90. The predicted octanol–water partition coefficient (Wildman–Crippen LogP) is 2.86. The van der Waals surface area contributed by atoms with Gasteiger partial charge in [0.2, 0.25) is 0 Å². The van der Waals surface area contributed by atoms with Gasteiger partial charge in [0.1, 0.15) is 5.78 Å². The Balaban J connectivity index is 2.31. The van der Waals surface area contributed by atoms with Gasteiger partial charge < -0.3 is 0 Å². The molecule has 0 aliphatic heterocycles. The van der Waals surface area contributed by atoms with Crippen molar-refractivity contribution in [1.82, 2.24) is 0 Å². The van der Waals surface area contributed by atoms with Gasteiger partial charge in [0.05, 0.1) is 0 Å². The van der Waals surface area contributed by atoms with E-state index >= 15 is 0 Å². The zero-order valence-electron chi connectivity index (χ0n) is 9.75. The van der Waals surface area contributed by atoms with Crippen LogP contribution in [0.2, 0.25) is 0 Å². The highest BCUT2D eigenvalue weighted by Crippen LogP contribution is 2.28. The quantitative estimate of drug-likeness (QED) is 0.712. The van der Waals surface area contributed by atoms with Crippen LogP contribution in [0.25, 0.3) is 0 Å². The molecule has 0 saturated heterocycles. The number of hydrogen-bond acceptors (Lipinski definition) is 2. The summed E-state index contributed by atoms with van der Waals surface area (Å²) in [6.45, 7) is 3.91. The Morgan fingerprint density at radius 2 is 1.88 bits per heavy atom. The molecule has 1 fully saturated rings. The minimum atomic E-state index is -0.0766. The number of Topliss-reactive ketones (excluding diaryl/α,β-unsaturated/α-hetero) is 2. The first-order valence-corrected chi connectivity index (χ1v) is 5.71. The van der Waals surface area contributed by atoms with Gasteiger partial charge in [0.25, 0.3) is 0 Å². The van der Waals surface area contributed by atoms with Crippen LogP contribution in [0.15, 0.2) is 18.2 Å². The molecule has 0 N–H and O–H groups in total. The molecule has 84 valence electrons. The fourth-order valence-corrected chi connectivity index (χ4v) is 2.45. The summed E-state index contributed by atoms with van der Waals surface area (Å²) >= 11 is 0. The van der Waals surface area contributed by atoms with Crippen molar-refractivity contribution in [3.05, 3.63) is 34.9 Å². The summed E-state index contributed by atoms with van der Waals surface area (Å²) in [6, 6.07) is 5.87. The average Bonchev–Trinajstić information content (AvgIpc) is 2.64. The van der Waals surface area contributed by atoms with Crippen molar-refractivity contribution in [2.75, 3.05) is 0 Å². The van der Waals surface area contributed by atoms with E-state index in [0.717, 1.165) is 23.1 Å². The Morgan fingerprint density at radius 3 is 2.38 bits per heavy atom. The lowest BCUT2D eigenvalue weighted by Crippen LogP contribution is -2.14. The van der Waals surface area contributed by atoms with Crippen LogP contribution in [0.5, 0.6) is 0 Å². The van der Waals surface area contributed by atoms with Crippen LogP contribution in [0, 0.1) is 19.8 Å². The molecule has 2 rings (SSSR count). The third-order valence-electron chi connectivity index (χ3n) is 3.34. The van der Waals surface area contributed by atoms with Crippen molar-refractivity contribution in [1.29, 1.82) is 0 Å². The fourth-order valence-electron chi connectivity index (χ4n) is 2.45. The first-order valence-electron chi connectivity index (χ1n) is 5.71. The molecule has 0 aromatic heterocycles. The number of rotatable bonds is 2. The van der Waals surface area contributed by atoms with E-state index in [2.05, 4.69) is 0 Å². The molecule has 0 bridgehead atoms. The van der Waals surface area contributed by atoms with E-state index in [-0.39, 0.29) is 17.5 Å². The van der Waals surface area contributed by atoms with Crippen molar-refractivity contribution in [2.24, 2.45) is 5.92 Å². The lowest BCUT2D eigenvalue weighted by molar-refractivity contribution is -0.117. The SMILES string of the molecule is Cc1cccc(C)c1C(=O)C1CCC(=O)C1. The summed E-state index contributed by atoms with van der Waals surface area (Å²) in [5.41, 5.74) is 2.86. The molecule has 0 amide bonds. The maximum Gasteiger partial charge on any atom is 0.166 e. The van der Waals surface area contributed by atoms with Crippen LogP contribution in [-0.4, -0.2) is 11.6 Å². The zero-order chi connectivity index (χ0) is 11.7. The molecule has 1 atom stereocenters. The number of ketones is 2. The Morgan fingerprint density at radius 1 is 1.25 bits per heavy atom. The Labute approximate surface area is 95.7 Å². The molecule has 1 aromatic carbocycles. The first kappa shape index (κ1) is 11.1. The zero-order valence-corrected chi connectivity index (χ0v) is 9.75. The smallest absolute Gasteiger partial charge is 0.166 e. The molecule has 16 heavy (non-hydrogen) atoms. The van der Waals surface area contributed by atoms with Crippen LogP contribution in [0.4, 0.5) is 0 Å². The summed E-state index contributed by atoms with van der Waals surface area (Å²) in [5, 5.41) is 0. The number of benzene rings is 1. The van der Waals surface area contributed by atoms with E-state index in [1.165, 1.54) is 0 Å². The Kier molecular flexibility index (Phi) is 2.90. The minimum absolute atomic E-state index is 0.0766. The van der Waals surface area contributed by atoms with Gasteiger partial charge in [-0.1, -0.05) is 18.2 Å². The Bertz CT molecular complexity index is 426. The van der Waals surface area contributed by atoms with Gasteiger partial charge in [-0.05, 0) is 31.4 Å². The number of carbonyl (C=O) groups is 2. The van der Waals surface area contributed by atoms with Crippen molar-refractivity contribution in [3.8, 4) is 0 Å². The molecule has 1 unspecified atom stereocenters. The topological polar surface area (TPSA) is 34.1 Å². The molecule has 1 aromatic rings. The van der Waals surface area contributed by atoms with Gasteiger partial charge in [-0.15, -0.1) is 0 Å². The molecular weight excluding hydrogens is 200 g/mol. The second-order valence-electron chi connectivity index (χ2n) is 4.61. The molecule has 0 radical (unpaired) electrons. The average molecular weight is 216 g/mol. The van der Waals surface area contributed by atoms with Crippen LogP contribution < -0.4 is 0 Å². The summed E-state index contributed by atoms with van der Waals surface area (Å²) in [4.78, 5) is 23.5. The summed E-state index contributed by atoms with van der Waals surface area (Å²) in [7, 11) is 0. The van der Waals surface area contributed by atoms with Gasteiger partial charge in [0, 0.05) is 24.3 Å². The van der Waals surface area contributed by atoms with Crippen LogP contribution in [0.1, 0.15) is 40.7 Å². The highest BCUT2D eigenvalue weighted by molar-refractivity contribution is 6.03. The van der Waals surface area contributed by atoms with E-state index in [1.54, 1.807) is 0 Å². The monoisotopic (exact) mass is 216 g/mol. The standard InChI is InChI=1S/C14H16O2/c1-9-4-3-5-10(2)13(9)14(16)11-6-7-12(15)8-11/h3-5,11H,6-8H2,1-2H3. The van der Waals surface area contributed by atoms with Gasteiger partial charge in [-0.25, -0.2) is 0 Å². The molecular formula is C14H16O2. The van der Waals surface area contributed by atoms with Gasteiger partial charge in [-0.3, -0.25) is 9.59 Å². The van der Waals surface area contributed by atoms with E-state index in [4.69, 9.17) is 0 Å². The van der Waals surface area contributed by atoms with Gasteiger partial charge >= 0.3 is 0 Å². The fraction of sp³-hybridized carbons (Fsp3) is 0.429. The van der Waals surface area contributed by atoms with E-state index < -0.39 is 0 Å². The van der Waals surface area contributed by atoms with Gasteiger partial charge in [-0.2, -0.15) is 0 Å². The van der Waals surface area contributed by atoms with E-state index in [0.29, 0.717) is 12.8 Å². The molecule has 1 saturated carbocycles. The summed E-state index contributed by atoms with van der Waals surface area (Å²) < 4.78 is 0. The number of aryl methyl sites for hydroxylation is 2. The van der Waals surface area contributed by atoms with Crippen LogP contribution in [-0.2, 0) is 4.79 Å². The lowest BCUT2D eigenvalue weighted by Gasteiger charge is -2.12. The third kappa shape index (κ3) is 1.92. The van der Waals surface area contributed by atoms with Crippen molar-refractivity contribution < 1.29 is 9.59 Å². The first-order chi connectivity index (χ1) is 7.59. The van der Waals surface area contributed by atoms with Gasteiger partial charge in [0.15, 0.2) is 5.78 Å². The molecule has 0 heterocycles. The van der Waals surface area contributed by atoms with Crippen molar-refractivity contribution in [3.63, 3.8) is 0 Å². The maximum absolute atomic E-state index is 12.3. The minimum Gasteiger partial charge on any atom is -0.300 e. The predicted molar refractivity (Wildman–Crippen MR) is 62.6 cm³/mol. The molecule has 2 nitrogen and oxygen atoms in total. The maximum atomic E-state index is 12.3. The van der Waals surface area contributed by atoms with E-state index in [9.17, 15) is 9.59 Å².